The number of halogens is 1. The van der Waals surface area contributed by atoms with Gasteiger partial charge >= 0.3 is 5.97 Å². The quantitative estimate of drug-likeness (QED) is 0.752. The summed E-state index contributed by atoms with van der Waals surface area (Å²) in [5.41, 5.74) is 0.286. The van der Waals surface area contributed by atoms with E-state index >= 15 is 0 Å². The molecule has 2 rings (SSSR count). The Balaban J connectivity index is 2.92. The highest BCUT2D eigenvalue weighted by Crippen LogP contribution is 2.23. The Bertz CT molecular complexity index is 477. The molecule has 0 aliphatic carbocycles. The van der Waals surface area contributed by atoms with E-state index in [1.807, 2.05) is 0 Å². The molecule has 0 aliphatic rings. The zero-order chi connectivity index (χ0) is 10.3. The minimum atomic E-state index is -1.25. The number of nitrogens with zero attached hydrogens (tertiary/aromatic N) is 1. The molecule has 0 saturated heterocycles. The van der Waals surface area contributed by atoms with Gasteiger partial charge in [-0.2, -0.15) is 0 Å². The van der Waals surface area contributed by atoms with Crippen molar-refractivity contribution in [1.82, 2.24) is 4.57 Å². The van der Waals surface area contributed by atoms with Crippen molar-refractivity contribution in [3.63, 3.8) is 0 Å². The molecule has 72 valence electrons. The number of benzene rings is 1. The smallest absolute Gasteiger partial charge is 0.355 e. The first-order valence-electron chi connectivity index (χ1n) is 4.09. The number of aryl methyl sites for hydroxylation is 1. The van der Waals surface area contributed by atoms with Crippen LogP contribution in [0.1, 0.15) is 10.5 Å². The summed E-state index contributed by atoms with van der Waals surface area (Å²) in [7, 11) is 1.54. The summed E-state index contributed by atoms with van der Waals surface area (Å²) >= 11 is 0. The van der Waals surface area contributed by atoms with Crippen molar-refractivity contribution >= 4 is 16.9 Å². The summed E-state index contributed by atoms with van der Waals surface area (Å²) < 4.78 is 14.9. The van der Waals surface area contributed by atoms with Crippen LogP contribution in [-0.2, 0) is 7.05 Å². The van der Waals surface area contributed by atoms with E-state index < -0.39 is 11.8 Å². The molecule has 0 saturated carbocycles. The third kappa shape index (κ3) is 1.00. The molecule has 14 heavy (non-hydrogen) atoms. The first kappa shape index (κ1) is 8.74. The molecule has 1 heterocycles. The van der Waals surface area contributed by atoms with Crippen molar-refractivity contribution < 1.29 is 14.3 Å². The largest absolute Gasteiger partial charge is 0.476 e. The third-order valence-electron chi connectivity index (χ3n) is 2.25. The lowest BCUT2D eigenvalue weighted by molar-refractivity contribution is 0.0682. The Labute approximate surface area is 79.4 Å². The average molecular weight is 193 g/mol. The minimum Gasteiger partial charge on any atom is -0.476 e. The van der Waals surface area contributed by atoms with Gasteiger partial charge in [0.25, 0.3) is 0 Å². The number of carboxylic acid groups (broad SMARTS) is 1. The highest BCUT2D eigenvalue weighted by Gasteiger charge is 2.19. The number of aromatic carboxylic acids is 1. The summed E-state index contributed by atoms with van der Waals surface area (Å²) in [6, 6.07) is 6.67. The van der Waals surface area contributed by atoms with E-state index in [2.05, 4.69) is 0 Å². The number of aromatic nitrogens is 1. The fraction of sp³-hybridized carbons (Fsp3) is 0.100. The molecule has 0 bridgehead atoms. The predicted molar refractivity (Wildman–Crippen MR) is 49.8 cm³/mol. The van der Waals surface area contributed by atoms with Crippen molar-refractivity contribution in [2.24, 2.45) is 7.05 Å². The first-order chi connectivity index (χ1) is 6.63. The maximum Gasteiger partial charge on any atom is 0.355 e. The van der Waals surface area contributed by atoms with E-state index in [9.17, 15) is 9.18 Å². The van der Waals surface area contributed by atoms with Crippen LogP contribution in [0.25, 0.3) is 10.9 Å². The van der Waals surface area contributed by atoms with Gasteiger partial charge in [0.05, 0.1) is 5.52 Å². The van der Waals surface area contributed by atoms with Crippen LogP contribution in [0.2, 0.25) is 0 Å². The van der Waals surface area contributed by atoms with E-state index in [1.54, 1.807) is 24.3 Å². The van der Waals surface area contributed by atoms with Gasteiger partial charge in [0.15, 0.2) is 11.5 Å². The van der Waals surface area contributed by atoms with Crippen molar-refractivity contribution in [2.45, 2.75) is 0 Å². The van der Waals surface area contributed by atoms with Gasteiger partial charge in [-0.25, -0.2) is 9.18 Å². The summed E-state index contributed by atoms with van der Waals surface area (Å²) in [5.74, 6) is -1.92. The van der Waals surface area contributed by atoms with Crippen LogP contribution in [0.5, 0.6) is 0 Å². The maximum atomic E-state index is 13.5. The second kappa shape index (κ2) is 2.83. The lowest BCUT2D eigenvalue weighted by Gasteiger charge is -1.97. The predicted octanol–water partition coefficient (Wildman–Crippen LogP) is 2.02. The Kier molecular flexibility index (Phi) is 1.77. The lowest BCUT2D eigenvalue weighted by Crippen LogP contribution is -2.05. The van der Waals surface area contributed by atoms with Gasteiger partial charge in [0, 0.05) is 12.4 Å². The van der Waals surface area contributed by atoms with Crippen LogP contribution in [0.4, 0.5) is 4.39 Å². The third-order valence-corrected chi connectivity index (χ3v) is 2.25. The van der Waals surface area contributed by atoms with Crippen LogP contribution in [-0.4, -0.2) is 15.6 Å². The van der Waals surface area contributed by atoms with Gasteiger partial charge < -0.3 is 9.67 Å². The monoisotopic (exact) mass is 193 g/mol. The van der Waals surface area contributed by atoms with E-state index in [1.165, 1.54) is 11.6 Å². The van der Waals surface area contributed by atoms with Gasteiger partial charge in [-0.3, -0.25) is 0 Å². The summed E-state index contributed by atoms with van der Waals surface area (Å²) in [6.45, 7) is 0. The molecule has 0 amide bonds. The van der Waals surface area contributed by atoms with Crippen LogP contribution < -0.4 is 0 Å². The zero-order valence-corrected chi connectivity index (χ0v) is 7.49. The molecular weight excluding hydrogens is 185 g/mol. The second-order valence-corrected chi connectivity index (χ2v) is 3.04. The molecular formula is C10H8FNO2. The van der Waals surface area contributed by atoms with Crippen LogP contribution in [0.15, 0.2) is 24.3 Å². The molecule has 0 spiro atoms. The zero-order valence-electron chi connectivity index (χ0n) is 7.49. The molecule has 0 atom stereocenters. The van der Waals surface area contributed by atoms with E-state index in [-0.39, 0.29) is 5.69 Å². The van der Waals surface area contributed by atoms with Gasteiger partial charge in [-0.05, 0) is 12.1 Å². The number of hydrogen-bond donors (Lipinski definition) is 1. The number of carboxylic acids is 1. The Hall–Kier alpha value is -1.84. The van der Waals surface area contributed by atoms with Gasteiger partial charge in [0.1, 0.15) is 0 Å². The minimum absolute atomic E-state index is 0.300. The molecule has 4 heteroatoms. The topological polar surface area (TPSA) is 42.2 Å². The van der Waals surface area contributed by atoms with E-state index in [0.29, 0.717) is 10.9 Å². The standard InChI is InChI=1S/C10H8FNO2/c1-12-7-5-3-2-4-6(7)8(11)9(12)10(13)14/h2-5H,1H3,(H,13,14). The highest BCUT2D eigenvalue weighted by atomic mass is 19.1. The van der Waals surface area contributed by atoms with Crippen LogP contribution in [0, 0.1) is 5.82 Å². The van der Waals surface area contributed by atoms with Crippen molar-refractivity contribution in [3.05, 3.63) is 35.8 Å². The maximum absolute atomic E-state index is 13.5. The first-order valence-corrected chi connectivity index (χ1v) is 4.09. The Morgan fingerprint density at radius 3 is 2.64 bits per heavy atom. The number of carbonyl (C=O) groups is 1. The summed E-state index contributed by atoms with van der Waals surface area (Å²) in [4.78, 5) is 10.8. The summed E-state index contributed by atoms with van der Waals surface area (Å²) in [5, 5.41) is 9.13. The van der Waals surface area contributed by atoms with Crippen LogP contribution in [0.3, 0.4) is 0 Å². The molecule has 1 aromatic heterocycles. The molecule has 3 nitrogen and oxygen atoms in total. The van der Waals surface area contributed by atoms with Crippen molar-refractivity contribution in [2.75, 3.05) is 0 Å². The molecule has 2 aromatic rings. The number of fused-ring (bicyclic) bond motifs is 1. The van der Waals surface area contributed by atoms with E-state index in [0.717, 1.165) is 0 Å². The average Bonchev–Trinajstić information content (AvgIpc) is 2.41. The lowest BCUT2D eigenvalue weighted by atomic mass is 10.2. The number of para-hydroxylation sites is 1. The molecule has 0 radical (unpaired) electrons. The second-order valence-electron chi connectivity index (χ2n) is 3.04. The van der Waals surface area contributed by atoms with Gasteiger partial charge in [0.2, 0.25) is 0 Å². The number of rotatable bonds is 1. The van der Waals surface area contributed by atoms with Crippen LogP contribution >= 0.6 is 0 Å². The SMILES string of the molecule is Cn1c(C(=O)O)c(F)c2ccccc21. The number of hydrogen-bond acceptors (Lipinski definition) is 1. The molecule has 1 aromatic carbocycles. The molecule has 0 unspecified atom stereocenters. The van der Waals surface area contributed by atoms with Crippen molar-refractivity contribution in [3.8, 4) is 0 Å². The fourth-order valence-electron chi connectivity index (χ4n) is 1.58. The molecule has 1 N–H and O–H groups in total. The van der Waals surface area contributed by atoms with Gasteiger partial charge in [-0.15, -0.1) is 0 Å². The highest BCUT2D eigenvalue weighted by molar-refractivity contribution is 5.95. The Morgan fingerprint density at radius 1 is 1.43 bits per heavy atom. The van der Waals surface area contributed by atoms with Gasteiger partial charge in [-0.1, -0.05) is 12.1 Å². The van der Waals surface area contributed by atoms with E-state index in [4.69, 9.17) is 5.11 Å². The molecule has 0 aliphatic heterocycles. The Morgan fingerprint density at radius 2 is 2.07 bits per heavy atom. The molecule has 0 fully saturated rings. The fourth-order valence-corrected chi connectivity index (χ4v) is 1.58. The summed E-state index contributed by atoms with van der Waals surface area (Å²) in [6.07, 6.45) is 0. The normalized spacial score (nSPS) is 10.7. The van der Waals surface area contributed by atoms with Crippen molar-refractivity contribution in [1.29, 1.82) is 0 Å².